The molecule has 0 amide bonds. The molecule has 0 saturated heterocycles. The zero-order valence-electron chi connectivity index (χ0n) is 10.3. The van der Waals surface area contributed by atoms with E-state index in [0.717, 1.165) is 5.69 Å². The third-order valence-corrected chi connectivity index (χ3v) is 2.49. The summed E-state index contributed by atoms with van der Waals surface area (Å²) in [6.07, 6.45) is 0. The van der Waals surface area contributed by atoms with Gasteiger partial charge < -0.3 is 4.74 Å². The second-order valence-corrected chi connectivity index (χ2v) is 3.88. The van der Waals surface area contributed by atoms with Crippen LogP contribution in [0.4, 0.5) is 0 Å². The van der Waals surface area contributed by atoms with Crippen LogP contribution in [-0.4, -0.2) is 22.4 Å². The highest BCUT2D eigenvalue weighted by Crippen LogP contribution is 2.08. The largest absolute Gasteiger partial charge is 0.462 e. The average Bonchev–Trinajstić information content (AvgIpc) is 2.69. The van der Waals surface area contributed by atoms with Crippen molar-refractivity contribution in [2.75, 3.05) is 6.61 Å². The minimum Gasteiger partial charge on any atom is -0.462 e. The van der Waals surface area contributed by atoms with E-state index >= 15 is 0 Å². The Balaban J connectivity index is 2.30. The number of H-pyrrole nitrogens is 1. The van der Waals surface area contributed by atoms with E-state index in [9.17, 15) is 9.59 Å². The number of hydrogen-bond acceptors (Lipinski definition) is 3. The third kappa shape index (κ3) is 2.34. The van der Waals surface area contributed by atoms with Crippen LogP contribution in [0, 0.1) is 6.92 Å². The first-order chi connectivity index (χ1) is 8.61. The molecule has 0 radical (unpaired) electrons. The topological polar surface area (TPSA) is 64.1 Å². The van der Waals surface area contributed by atoms with Crippen LogP contribution in [0.1, 0.15) is 23.0 Å². The van der Waals surface area contributed by atoms with Crippen LogP contribution in [0.2, 0.25) is 0 Å². The maximum Gasteiger partial charge on any atom is 0.338 e. The molecule has 0 unspecified atom stereocenters. The molecule has 1 heterocycles. The zero-order chi connectivity index (χ0) is 13.1. The number of carbonyl (C=O) groups is 1. The summed E-state index contributed by atoms with van der Waals surface area (Å²) in [5.74, 6) is -0.362. The Morgan fingerprint density at radius 2 is 2.00 bits per heavy atom. The Bertz CT molecular complexity index is 608. The molecule has 0 saturated carbocycles. The lowest BCUT2D eigenvalue weighted by atomic mass is 10.2. The molecular formula is C13H14N2O3. The van der Waals surface area contributed by atoms with E-state index in [2.05, 4.69) is 5.10 Å². The minimum atomic E-state index is -0.362. The summed E-state index contributed by atoms with van der Waals surface area (Å²) in [5, 5.41) is 2.92. The summed E-state index contributed by atoms with van der Waals surface area (Å²) < 4.78 is 6.31. The number of nitrogens with one attached hydrogen (secondary N) is 1. The second-order valence-electron chi connectivity index (χ2n) is 3.88. The summed E-state index contributed by atoms with van der Waals surface area (Å²) in [5.41, 5.74) is 1.81. The highest BCUT2D eigenvalue weighted by molar-refractivity contribution is 5.89. The lowest BCUT2D eigenvalue weighted by Gasteiger charge is -2.04. The number of ether oxygens (including phenoxy) is 1. The molecule has 0 atom stereocenters. The number of aromatic amines is 1. The van der Waals surface area contributed by atoms with Crippen LogP contribution >= 0.6 is 0 Å². The molecule has 1 aromatic heterocycles. The molecule has 5 heteroatoms. The van der Waals surface area contributed by atoms with E-state index in [1.54, 1.807) is 31.2 Å². The molecule has 0 fully saturated rings. The highest BCUT2D eigenvalue weighted by Gasteiger charge is 2.07. The van der Waals surface area contributed by atoms with Crippen molar-refractivity contribution >= 4 is 5.97 Å². The first-order valence-electron chi connectivity index (χ1n) is 5.68. The van der Waals surface area contributed by atoms with Gasteiger partial charge in [0.15, 0.2) is 0 Å². The van der Waals surface area contributed by atoms with Crippen molar-refractivity contribution < 1.29 is 9.53 Å². The fraction of sp³-hybridized carbons (Fsp3) is 0.231. The predicted molar refractivity (Wildman–Crippen MR) is 67.1 cm³/mol. The predicted octanol–water partition coefficient (Wildman–Crippen LogP) is 1.65. The fourth-order valence-electron chi connectivity index (χ4n) is 1.67. The Labute approximate surface area is 104 Å². The van der Waals surface area contributed by atoms with Gasteiger partial charge in [0.1, 0.15) is 0 Å². The van der Waals surface area contributed by atoms with Gasteiger partial charge in [0.05, 0.1) is 17.9 Å². The van der Waals surface area contributed by atoms with Gasteiger partial charge in [-0.15, -0.1) is 0 Å². The normalized spacial score (nSPS) is 10.3. The summed E-state index contributed by atoms with van der Waals surface area (Å²) in [7, 11) is 0. The van der Waals surface area contributed by atoms with Gasteiger partial charge in [-0.05, 0) is 38.1 Å². The summed E-state index contributed by atoms with van der Waals surface area (Å²) in [6.45, 7) is 3.91. The Kier molecular flexibility index (Phi) is 3.32. The average molecular weight is 246 g/mol. The van der Waals surface area contributed by atoms with Crippen LogP contribution in [0.5, 0.6) is 0 Å². The van der Waals surface area contributed by atoms with Gasteiger partial charge in [0.2, 0.25) is 0 Å². The number of aryl methyl sites for hydroxylation is 1. The monoisotopic (exact) mass is 246 g/mol. The number of aromatic nitrogens is 2. The summed E-state index contributed by atoms with van der Waals surface area (Å²) in [4.78, 5) is 23.1. The molecule has 1 aromatic carbocycles. The summed E-state index contributed by atoms with van der Waals surface area (Å²) in [6, 6.07) is 8.18. The number of rotatable bonds is 3. The first kappa shape index (κ1) is 12.2. The van der Waals surface area contributed by atoms with Gasteiger partial charge in [-0.1, -0.05) is 0 Å². The molecule has 94 valence electrons. The van der Waals surface area contributed by atoms with Gasteiger partial charge in [-0.25, -0.2) is 9.48 Å². The van der Waals surface area contributed by atoms with Crippen LogP contribution in [0.3, 0.4) is 0 Å². The Hall–Kier alpha value is -2.30. The molecule has 0 spiro atoms. The van der Waals surface area contributed by atoms with E-state index in [1.165, 1.54) is 10.7 Å². The standard InChI is InChI=1S/C13H14N2O3/c1-3-18-13(17)10-4-6-11(7-5-10)15-12(16)8-9(2)14-15/h4-8,14H,3H2,1-2H3. The quantitative estimate of drug-likeness (QED) is 0.837. The molecular weight excluding hydrogens is 232 g/mol. The van der Waals surface area contributed by atoms with Crippen molar-refractivity contribution in [1.29, 1.82) is 0 Å². The molecule has 2 aromatic rings. The lowest BCUT2D eigenvalue weighted by Crippen LogP contribution is -2.13. The lowest BCUT2D eigenvalue weighted by molar-refractivity contribution is 0.0526. The molecule has 0 aliphatic rings. The summed E-state index contributed by atoms with van der Waals surface area (Å²) >= 11 is 0. The molecule has 0 aliphatic carbocycles. The van der Waals surface area contributed by atoms with E-state index in [4.69, 9.17) is 4.74 Å². The van der Waals surface area contributed by atoms with E-state index in [0.29, 0.717) is 17.9 Å². The first-order valence-corrected chi connectivity index (χ1v) is 5.68. The van der Waals surface area contributed by atoms with Crippen LogP contribution < -0.4 is 5.56 Å². The maximum atomic E-state index is 11.6. The van der Waals surface area contributed by atoms with Gasteiger partial charge in [0, 0.05) is 11.8 Å². The van der Waals surface area contributed by atoms with Crippen molar-refractivity contribution in [2.24, 2.45) is 0 Å². The number of benzene rings is 1. The minimum absolute atomic E-state index is 0.128. The van der Waals surface area contributed by atoms with E-state index < -0.39 is 0 Å². The molecule has 2 rings (SSSR count). The van der Waals surface area contributed by atoms with Crippen LogP contribution in [0.25, 0.3) is 5.69 Å². The number of carbonyl (C=O) groups excluding carboxylic acids is 1. The van der Waals surface area contributed by atoms with Crippen LogP contribution in [-0.2, 0) is 4.74 Å². The third-order valence-electron chi connectivity index (χ3n) is 2.49. The van der Waals surface area contributed by atoms with Crippen molar-refractivity contribution in [1.82, 2.24) is 9.78 Å². The number of nitrogens with zero attached hydrogens (tertiary/aromatic N) is 1. The molecule has 0 bridgehead atoms. The fourth-order valence-corrected chi connectivity index (χ4v) is 1.67. The van der Waals surface area contributed by atoms with Gasteiger partial charge in [-0.3, -0.25) is 9.89 Å². The van der Waals surface area contributed by atoms with Crippen molar-refractivity contribution in [2.45, 2.75) is 13.8 Å². The van der Waals surface area contributed by atoms with E-state index in [-0.39, 0.29) is 11.5 Å². The maximum absolute atomic E-state index is 11.6. The molecule has 5 nitrogen and oxygen atoms in total. The van der Waals surface area contributed by atoms with Gasteiger partial charge in [-0.2, -0.15) is 0 Å². The second kappa shape index (κ2) is 4.91. The van der Waals surface area contributed by atoms with Gasteiger partial charge >= 0.3 is 5.97 Å². The van der Waals surface area contributed by atoms with Crippen molar-refractivity contribution in [3.05, 3.63) is 51.9 Å². The van der Waals surface area contributed by atoms with Crippen LogP contribution in [0.15, 0.2) is 35.1 Å². The zero-order valence-corrected chi connectivity index (χ0v) is 10.3. The SMILES string of the molecule is CCOC(=O)c1ccc(-n2[nH]c(C)cc2=O)cc1. The Morgan fingerprint density at radius 1 is 1.33 bits per heavy atom. The molecule has 18 heavy (non-hydrogen) atoms. The van der Waals surface area contributed by atoms with E-state index in [1.807, 2.05) is 6.92 Å². The smallest absolute Gasteiger partial charge is 0.338 e. The Morgan fingerprint density at radius 3 is 2.50 bits per heavy atom. The van der Waals surface area contributed by atoms with Crippen molar-refractivity contribution in [3.63, 3.8) is 0 Å². The number of hydrogen-bond donors (Lipinski definition) is 1. The molecule has 1 N–H and O–H groups in total. The van der Waals surface area contributed by atoms with Gasteiger partial charge in [0.25, 0.3) is 5.56 Å². The number of esters is 1. The van der Waals surface area contributed by atoms with Crippen molar-refractivity contribution in [3.8, 4) is 5.69 Å². The highest BCUT2D eigenvalue weighted by atomic mass is 16.5. The molecule has 0 aliphatic heterocycles.